The Morgan fingerprint density at radius 1 is 1.05 bits per heavy atom. The Bertz CT molecular complexity index is 1460. The number of ketones is 2. The number of ether oxygens (including phenoxy) is 1. The summed E-state index contributed by atoms with van der Waals surface area (Å²) < 4.78 is 19.0. The minimum atomic E-state index is -1.35. The Morgan fingerprint density at radius 3 is 2.64 bits per heavy atom. The number of oxime groups is 1. The SMILES string of the molecule is CC(C)[C@@]1(C(=O)C[C@@H](CC(=O)Oc2ccc3c(c2)CCC3)C(=O)CF)CC(c2nccc3ccccc23)=NO1. The van der Waals surface area contributed by atoms with Gasteiger partial charge in [0.15, 0.2) is 11.6 Å². The maximum absolute atomic E-state index is 13.7. The Balaban J connectivity index is 1.31. The van der Waals surface area contributed by atoms with E-state index >= 15 is 0 Å². The average molecular weight is 531 g/mol. The zero-order valence-electron chi connectivity index (χ0n) is 22.1. The first-order valence-electron chi connectivity index (χ1n) is 13.3. The third-order valence-electron chi connectivity index (χ3n) is 7.83. The van der Waals surface area contributed by atoms with Crippen molar-refractivity contribution >= 4 is 34.0 Å². The Kier molecular flexibility index (Phi) is 7.55. The lowest BCUT2D eigenvalue weighted by atomic mass is 9.77. The summed E-state index contributed by atoms with van der Waals surface area (Å²) in [5.74, 6) is -2.99. The number of Topliss-reactive ketones (excluding diaryl/α,β-unsaturated/α-hetero) is 2. The number of benzene rings is 2. The van der Waals surface area contributed by atoms with E-state index in [0.717, 1.165) is 35.6 Å². The molecule has 0 unspecified atom stereocenters. The second kappa shape index (κ2) is 11.0. The number of carbonyl (C=O) groups excluding carboxylic acids is 3. The fourth-order valence-electron chi connectivity index (χ4n) is 5.50. The molecule has 8 heteroatoms. The van der Waals surface area contributed by atoms with E-state index < -0.39 is 42.2 Å². The van der Waals surface area contributed by atoms with E-state index in [-0.39, 0.29) is 18.8 Å². The molecule has 2 atom stereocenters. The van der Waals surface area contributed by atoms with Crippen LogP contribution in [0.1, 0.15) is 56.4 Å². The second-order valence-corrected chi connectivity index (χ2v) is 10.6. The number of halogens is 1. The fraction of sp³-hybridized carbons (Fsp3) is 0.387. The highest BCUT2D eigenvalue weighted by molar-refractivity contribution is 6.12. The number of alkyl halides is 1. The number of pyridine rings is 1. The summed E-state index contributed by atoms with van der Waals surface area (Å²) >= 11 is 0. The summed E-state index contributed by atoms with van der Waals surface area (Å²) in [6.45, 7) is 2.39. The molecule has 39 heavy (non-hydrogen) atoms. The van der Waals surface area contributed by atoms with Crippen LogP contribution in [0.5, 0.6) is 5.75 Å². The number of aryl methyl sites for hydroxylation is 2. The summed E-state index contributed by atoms with van der Waals surface area (Å²) in [6.07, 6.45) is 4.06. The lowest BCUT2D eigenvalue weighted by molar-refractivity contribution is -0.150. The van der Waals surface area contributed by atoms with E-state index in [2.05, 4.69) is 10.1 Å². The second-order valence-electron chi connectivity index (χ2n) is 10.6. The van der Waals surface area contributed by atoms with E-state index in [0.29, 0.717) is 17.2 Å². The summed E-state index contributed by atoms with van der Waals surface area (Å²) in [4.78, 5) is 49.3. The van der Waals surface area contributed by atoms with Crippen LogP contribution in [-0.4, -0.2) is 40.5 Å². The molecule has 202 valence electrons. The van der Waals surface area contributed by atoms with Gasteiger partial charge in [-0.2, -0.15) is 0 Å². The molecule has 2 aliphatic rings. The van der Waals surface area contributed by atoms with Crippen LogP contribution in [-0.2, 0) is 32.1 Å². The van der Waals surface area contributed by atoms with E-state index in [1.165, 1.54) is 5.56 Å². The molecule has 0 amide bonds. The van der Waals surface area contributed by atoms with Crippen molar-refractivity contribution in [2.75, 3.05) is 6.67 Å². The molecular formula is C31H31FN2O5. The standard InChI is InChI=1S/C31H31FN2O5/c1-19(2)31(17-26(34-39-31)30-25-9-4-3-6-21(25)12-13-33-30)28(36)15-23(27(35)18-32)16-29(37)38-24-11-10-20-7-5-8-22(20)14-24/h3-4,6,9-14,19,23H,5,7-8,15-18H2,1-2H3/t23-,31+/m0/s1. The minimum absolute atomic E-state index is 0.153. The van der Waals surface area contributed by atoms with Crippen molar-refractivity contribution in [3.63, 3.8) is 0 Å². The van der Waals surface area contributed by atoms with Crippen LogP contribution >= 0.6 is 0 Å². The quantitative estimate of drug-likeness (QED) is 0.259. The molecule has 0 saturated heterocycles. The van der Waals surface area contributed by atoms with Gasteiger partial charge in [0.25, 0.3) is 0 Å². The molecular weight excluding hydrogens is 499 g/mol. The van der Waals surface area contributed by atoms with Gasteiger partial charge in [-0.1, -0.05) is 49.3 Å². The molecule has 0 N–H and O–H groups in total. The van der Waals surface area contributed by atoms with Crippen molar-refractivity contribution in [1.82, 2.24) is 4.98 Å². The first-order valence-corrected chi connectivity index (χ1v) is 13.3. The molecule has 0 spiro atoms. The van der Waals surface area contributed by atoms with Crippen molar-refractivity contribution in [2.24, 2.45) is 17.0 Å². The van der Waals surface area contributed by atoms with Gasteiger partial charge in [-0.3, -0.25) is 19.4 Å². The molecule has 1 aliphatic carbocycles. The summed E-state index contributed by atoms with van der Waals surface area (Å²) in [5, 5.41) is 6.12. The van der Waals surface area contributed by atoms with Crippen LogP contribution < -0.4 is 4.74 Å². The van der Waals surface area contributed by atoms with Gasteiger partial charge in [-0.25, -0.2) is 4.39 Å². The molecule has 7 nitrogen and oxygen atoms in total. The van der Waals surface area contributed by atoms with Gasteiger partial charge in [-0.05, 0) is 54.0 Å². The highest BCUT2D eigenvalue weighted by Crippen LogP contribution is 2.37. The van der Waals surface area contributed by atoms with Gasteiger partial charge < -0.3 is 9.57 Å². The Labute approximate surface area is 226 Å². The molecule has 0 radical (unpaired) electrons. The number of hydrogen-bond donors (Lipinski definition) is 0. The number of hydrogen-bond acceptors (Lipinski definition) is 7. The summed E-state index contributed by atoms with van der Waals surface area (Å²) in [7, 11) is 0. The van der Waals surface area contributed by atoms with Gasteiger partial charge in [0.2, 0.25) is 5.60 Å². The van der Waals surface area contributed by atoms with Crippen LogP contribution in [0.2, 0.25) is 0 Å². The van der Waals surface area contributed by atoms with E-state index in [4.69, 9.17) is 9.57 Å². The molecule has 1 aliphatic heterocycles. The third-order valence-corrected chi connectivity index (χ3v) is 7.83. The number of nitrogens with zero attached hydrogens (tertiary/aromatic N) is 2. The van der Waals surface area contributed by atoms with E-state index in [1.807, 2.05) is 56.3 Å². The molecule has 3 aromatic rings. The first-order chi connectivity index (χ1) is 18.8. The molecule has 2 aromatic carbocycles. The molecule has 2 heterocycles. The van der Waals surface area contributed by atoms with E-state index in [9.17, 15) is 18.8 Å². The van der Waals surface area contributed by atoms with Crippen molar-refractivity contribution in [3.05, 3.63) is 71.5 Å². The largest absolute Gasteiger partial charge is 0.427 e. The highest BCUT2D eigenvalue weighted by atomic mass is 19.1. The number of fused-ring (bicyclic) bond motifs is 2. The number of esters is 1. The maximum atomic E-state index is 13.7. The van der Waals surface area contributed by atoms with Crippen molar-refractivity contribution in [3.8, 4) is 5.75 Å². The highest BCUT2D eigenvalue weighted by Gasteiger charge is 2.50. The monoisotopic (exact) mass is 530 g/mol. The summed E-state index contributed by atoms with van der Waals surface area (Å²) in [6, 6.07) is 15.1. The van der Waals surface area contributed by atoms with Gasteiger partial charge >= 0.3 is 5.97 Å². The zero-order valence-corrected chi connectivity index (χ0v) is 22.1. The normalized spacial score (nSPS) is 18.9. The lowest BCUT2D eigenvalue weighted by Gasteiger charge is -2.30. The van der Waals surface area contributed by atoms with Gasteiger partial charge in [0.1, 0.15) is 18.1 Å². The van der Waals surface area contributed by atoms with Crippen LogP contribution in [0.3, 0.4) is 0 Å². The number of carbonyl (C=O) groups is 3. The fourth-order valence-corrected chi connectivity index (χ4v) is 5.50. The Hall–Kier alpha value is -3.94. The predicted octanol–water partition coefficient (Wildman–Crippen LogP) is 5.35. The zero-order chi connectivity index (χ0) is 27.6. The number of rotatable bonds is 10. The first kappa shape index (κ1) is 26.7. The Morgan fingerprint density at radius 2 is 1.85 bits per heavy atom. The van der Waals surface area contributed by atoms with Crippen LogP contribution in [0.15, 0.2) is 59.9 Å². The molecule has 1 aromatic heterocycles. The van der Waals surface area contributed by atoms with Gasteiger partial charge in [0, 0.05) is 36.3 Å². The smallest absolute Gasteiger partial charge is 0.311 e. The molecule has 0 bridgehead atoms. The van der Waals surface area contributed by atoms with Crippen molar-refractivity contribution in [1.29, 1.82) is 0 Å². The number of aromatic nitrogens is 1. The molecule has 5 rings (SSSR count). The minimum Gasteiger partial charge on any atom is -0.427 e. The van der Waals surface area contributed by atoms with Crippen molar-refractivity contribution < 1.29 is 28.3 Å². The summed E-state index contributed by atoms with van der Waals surface area (Å²) in [5.41, 5.74) is 2.17. The predicted molar refractivity (Wildman–Crippen MR) is 144 cm³/mol. The van der Waals surface area contributed by atoms with E-state index in [1.54, 1.807) is 12.3 Å². The third kappa shape index (κ3) is 5.33. The van der Waals surface area contributed by atoms with Crippen LogP contribution in [0.4, 0.5) is 4.39 Å². The van der Waals surface area contributed by atoms with Crippen LogP contribution in [0, 0.1) is 11.8 Å². The topological polar surface area (TPSA) is 94.9 Å². The van der Waals surface area contributed by atoms with Gasteiger partial charge in [0.05, 0.1) is 12.1 Å². The molecule has 0 saturated carbocycles. The van der Waals surface area contributed by atoms with Crippen LogP contribution in [0.25, 0.3) is 10.8 Å². The lowest BCUT2D eigenvalue weighted by Crippen LogP contribution is -2.45. The van der Waals surface area contributed by atoms with Crippen molar-refractivity contribution in [2.45, 2.75) is 58.0 Å². The molecule has 0 fully saturated rings. The van der Waals surface area contributed by atoms with Gasteiger partial charge in [-0.15, -0.1) is 0 Å². The maximum Gasteiger partial charge on any atom is 0.311 e. The average Bonchev–Trinajstić information content (AvgIpc) is 3.60.